The highest BCUT2D eigenvalue weighted by atomic mass is 16.6. The van der Waals surface area contributed by atoms with Crippen LogP contribution in [0.3, 0.4) is 0 Å². The van der Waals surface area contributed by atoms with Gasteiger partial charge in [0.1, 0.15) is 0 Å². The van der Waals surface area contributed by atoms with Gasteiger partial charge >= 0.3 is 0 Å². The zero-order valence-corrected chi connectivity index (χ0v) is 31.8. The van der Waals surface area contributed by atoms with Crippen LogP contribution in [0.2, 0.25) is 0 Å². The molecule has 4 N–H and O–H groups in total. The number of carbonyl (C=O) groups excluding carboxylic acids is 3. The summed E-state index contributed by atoms with van der Waals surface area (Å²) in [6.45, 7) is 14.1. The Morgan fingerprint density at radius 2 is 1.43 bits per heavy atom. The fourth-order valence-electron chi connectivity index (χ4n) is 6.17. The average molecular weight is 736 g/mol. The molecule has 0 saturated carbocycles. The highest BCUT2D eigenvalue weighted by Crippen LogP contribution is 2.37. The Morgan fingerprint density at radius 1 is 0.830 bits per heavy atom. The Hall–Kier alpha value is -4.14. The third-order valence-corrected chi connectivity index (χ3v) is 8.85. The van der Waals surface area contributed by atoms with Crippen molar-refractivity contribution in [1.82, 2.24) is 15.1 Å². The van der Waals surface area contributed by atoms with Crippen LogP contribution in [0, 0.1) is 12.3 Å². The molecule has 3 aromatic rings. The largest absolute Gasteiger partial charge is 0.384 e. The van der Waals surface area contributed by atoms with Crippen molar-refractivity contribution in [1.29, 1.82) is 0 Å². The Labute approximate surface area is 313 Å². The van der Waals surface area contributed by atoms with Crippen molar-refractivity contribution in [3.05, 3.63) is 76.1 Å². The van der Waals surface area contributed by atoms with E-state index in [1.165, 1.54) is 0 Å². The molecule has 290 valence electrons. The number of primary amides is 1. The first-order chi connectivity index (χ1) is 25.6. The summed E-state index contributed by atoms with van der Waals surface area (Å²) in [6.07, 6.45) is 3.58. The highest BCUT2D eigenvalue weighted by Gasteiger charge is 2.35. The summed E-state index contributed by atoms with van der Waals surface area (Å²) < 4.78 is 29.7. The summed E-state index contributed by atoms with van der Waals surface area (Å²) in [5.41, 5.74) is 11.4. The van der Waals surface area contributed by atoms with Crippen LogP contribution in [0.4, 0.5) is 5.69 Å². The number of rotatable bonds is 25. The van der Waals surface area contributed by atoms with Crippen molar-refractivity contribution in [3.8, 4) is 5.69 Å². The zero-order valence-electron chi connectivity index (χ0n) is 31.8. The summed E-state index contributed by atoms with van der Waals surface area (Å²) >= 11 is 0. The fraction of sp³-hybridized carbons (Fsp3) is 0.550. The molecule has 0 bridgehead atoms. The Morgan fingerprint density at radius 3 is 2.04 bits per heavy atom. The maximum absolute atomic E-state index is 12.9. The maximum Gasteiger partial charge on any atom is 0.251 e. The highest BCUT2D eigenvalue weighted by molar-refractivity contribution is 6.00. The molecular weight excluding hydrogens is 678 g/mol. The lowest BCUT2D eigenvalue weighted by atomic mass is 9.75. The molecule has 1 aliphatic rings. The zero-order chi connectivity index (χ0) is 38.1. The van der Waals surface area contributed by atoms with Gasteiger partial charge in [0, 0.05) is 44.0 Å². The summed E-state index contributed by atoms with van der Waals surface area (Å²) in [5, 5.41) is 10.9. The first-order valence-corrected chi connectivity index (χ1v) is 18.7. The van der Waals surface area contributed by atoms with Gasteiger partial charge in [-0.05, 0) is 73.9 Å². The number of anilines is 1. The number of carbonyl (C=O) groups is 3. The van der Waals surface area contributed by atoms with Gasteiger partial charge in [0.05, 0.1) is 81.1 Å². The minimum Gasteiger partial charge on any atom is -0.384 e. The van der Waals surface area contributed by atoms with E-state index in [2.05, 4.69) is 36.5 Å². The molecule has 0 unspecified atom stereocenters. The van der Waals surface area contributed by atoms with E-state index < -0.39 is 5.91 Å². The number of aromatic nitrogens is 2. The minimum absolute atomic E-state index is 0.0601. The van der Waals surface area contributed by atoms with Gasteiger partial charge in [-0.3, -0.25) is 14.4 Å². The van der Waals surface area contributed by atoms with Gasteiger partial charge in [0.15, 0.2) is 5.78 Å². The Kier molecular flexibility index (Phi) is 16.9. The second-order valence-corrected chi connectivity index (χ2v) is 13.9. The summed E-state index contributed by atoms with van der Waals surface area (Å²) in [5.74, 6) is -0.465. The molecule has 1 aromatic heterocycles. The van der Waals surface area contributed by atoms with E-state index in [1.54, 1.807) is 6.07 Å². The number of hydrogen-bond donors (Lipinski definition) is 3. The van der Waals surface area contributed by atoms with Crippen molar-refractivity contribution < 1.29 is 38.1 Å². The van der Waals surface area contributed by atoms with E-state index in [9.17, 15) is 14.4 Å². The van der Waals surface area contributed by atoms with Gasteiger partial charge in [0.2, 0.25) is 0 Å². The number of aryl methyl sites for hydroxylation is 2. The number of ether oxygens (including phenoxy) is 5. The number of amides is 2. The van der Waals surface area contributed by atoms with Crippen LogP contribution in [0.5, 0.6) is 0 Å². The molecular formula is C40H57N5O8. The molecule has 4 rings (SSSR count). The van der Waals surface area contributed by atoms with Crippen molar-refractivity contribution in [2.75, 3.05) is 84.5 Å². The molecule has 0 aliphatic heterocycles. The number of nitrogens with two attached hydrogens (primary N) is 1. The number of benzene rings is 2. The molecule has 13 nitrogen and oxygen atoms in total. The van der Waals surface area contributed by atoms with Crippen LogP contribution < -0.4 is 16.4 Å². The summed E-state index contributed by atoms with van der Waals surface area (Å²) in [4.78, 5) is 37.2. The van der Waals surface area contributed by atoms with Gasteiger partial charge in [-0.1, -0.05) is 32.9 Å². The lowest BCUT2D eigenvalue weighted by Gasteiger charge is -2.29. The molecule has 1 aliphatic carbocycles. The third kappa shape index (κ3) is 13.3. The molecule has 13 heteroatoms. The predicted molar refractivity (Wildman–Crippen MR) is 203 cm³/mol. The topological polar surface area (TPSA) is 165 Å². The molecule has 0 atom stereocenters. The molecule has 53 heavy (non-hydrogen) atoms. The molecule has 1 heterocycles. The van der Waals surface area contributed by atoms with Gasteiger partial charge in [-0.2, -0.15) is 5.10 Å². The lowest BCUT2D eigenvalue weighted by Crippen LogP contribution is -2.28. The fourth-order valence-corrected chi connectivity index (χ4v) is 6.17. The van der Waals surface area contributed by atoms with Crippen molar-refractivity contribution in [2.45, 2.75) is 59.8 Å². The van der Waals surface area contributed by atoms with Crippen LogP contribution in [0.1, 0.15) is 88.1 Å². The number of nitrogens with one attached hydrogen (secondary N) is 2. The monoisotopic (exact) mass is 735 g/mol. The number of Topliss-reactive ketones (excluding diaryl/α,β-unsaturated/α-hetero) is 1. The van der Waals surface area contributed by atoms with E-state index in [1.807, 2.05) is 48.0 Å². The Bertz CT molecular complexity index is 1640. The lowest BCUT2D eigenvalue weighted by molar-refractivity contribution is -0.0111. The number of nitrogens with zero attached hydrogens (tertiary/aromatic N) is 2. The first kappa shape index (κ1) is 41.6. The van der Waals surface area contributed by atoms with Crippen molar-refractivity contribution in [3.63, 3.8) is 0 Å². The Balaban J connectivity index is 0.978. The van der Waals surface area contributed by atoms with Gasteiger partial charge < -0.3 is 40.1 Å². The molecule has 0 radical (unpaired) electrons. The van der Waals surface area contributed by atoms with Crippen LogP contribution in [-0.4, -0.2) is 107 Å². The second-order valence-electron chi connectivity index (χ2n) is 13.9. The molecule has 0 saturated heterocycles. The molecule has 0 fully saturated rings. The standard InChI is InChI=1S/C40H57N5O8/c1-5-30-9-6-10-31(25-30)39(48)43-14-8-16-50-18-20-52-22-24-53-23-21-51-19-17-49-15-7-13-42-34-26-32(11-12-33(34)38(41)47)45-35-27-40(3,4)28-36(46)37(35)29(2)44-45/h6,9-12,25-26,42H,5,7-8,13-24,27-28H2,1-4H3,(H2,41,47)(H,43,48). The third-order valence-electron chi connectivity index (χ3n) is 8.85. The summed E-state index contributed by atoms with van der Waals surface area (Å²) in [6, 6.07) is 13.0. The van der Waals surface area contributed by atoms with Gasteiger partial charge in [0.25, 0.3) is 11.8 Å². The molecule has 0 spiro atoms. The number of hydrogen-bond acceptors (Lipinski definition) is 10. The van der Waals surface area contributed by atoms with Crippen LogP contribution in [-0.2, 0) is 36.5 Å². The van der Waals surface area contributed by atoms with E-state index in [0.29, 0.717) is 120 Å². The maximum atomic E-state index is 12.9. The van der Waals surface area contributed by atoms with Crippen molar-refractivity contribution in [2.24, 2.45) is 11.1 Å². The normalized spacial score (nSPS) is 13.5. The van der Waals surface area contributed by atoms with Gasteiger partial charge in [-0.15, -0.1) is 0 Å². The summed E-state index contributed by atoms with van der Waals surface area (Å²) in [7, 11) is 0. The van der Waals surface area contributed by atoms with Crippen LogP contribution >= 0.6 is 0 Å². The van der Waals surface area contributed by atoms with Crippen LogP contribution in [0.15, 0.2) is 42.5 Å². The van der Waals surface area contributed by atoms with Crippen LogP contribution in [0.25, 0.3) is 5.69 Å². The van der Waals surface area contributed by atoms with E-state index in [-0.39, 0.29) is 17.1 Å². The minimum atomic E-state index is -0.523. The van der Waals surface area contributed by atoms with E-state index in [0.717, 1.165) is 36.2 Å². The molecule has 2 aromatic carbocycles. The second kappa shape index (κ2) is 21.5. The quantitative estimate of drug-likeness (QED) is 0.104. The smallest absolute Gasteiger partial charge is 0.251 e. The number of ketones is 1. The average Bonchev–Trinajstić information content (AvgIpc) is 3.46. The first-order valence-electron chi connectivity index (χ1n) is 18.7. The SMILES string of the molecule is CCc1cccc(C(=O)NCCCOCCOCCOCCOCCOCCCNc2cc(-n3nc(C)c4c3CC(C)(C)CC4=O)ccc2C(N)=O)c1. The van der Waals surface area contributed by atoms with Gasteiger partial charge in [-0.25, -0.2) is 4.68 Å². The van der Waals surface area contributed by atoms with E-state index in [4.69, 9.17) is 29.4 Å². The molecule has 2 amide bonds. The number of fused-ring (bicyclic) bond motifs is 1. The predicted octanol–water partition coefficient (Wildman–Crippen LogP) is 4.70. The van der Waals surface area contributed by atoms with Crippen molar-refractivity contribution >= 4 is 23.3 Å². The van der Waals surface area contributed by atoms with E-state index >= 15 is 0 Å².